The number of carbonyl (C=O) groups excluding carboxylic acids is 1. The van der Waals surface area contributed by atoms with Crippen molar-refractivity contribution in [3.05, 3.63) is 63.6 Å². The summed E-state index contributed by atoms with van der Waals surface area (Å²) in [6.45, 7) is 2.13. The zero-order valence-corrected chi connectivity index (χ0v) is 18.8. The molecule has 0 radical (unpaired) electrons. The van der Waals surface area contributed by atoms with Gasteiger partial charge in [-0.25, -0.2) is 8.42 Å². The molecule has 0 aromatic heterocycles. The Balaban J connectivity index is 1.87. The van der Waals surface area contributed by atoms with E-state index in [1.54, 1.807) is 23.9 Å². The number of nitrogens with zero attached hydrogens (tertiary/aromatic N) is 1. The minimum atomic E-state index is -3.70. The monoisotopic (exact) mass is 460 g/mol. The van der Waals surface area contributed by atoms with E-state index < -0.39 is 15.9 Å². The average molecular weight is 461 g/mol. The highest BCUT2D eigenvalue weighted by Crippen LogP contribution is 2.33. The number of sulfonamides is 1. The third-order valence-corrected chi connectivity index (χ3v) is 6.81. The van der Waals surface area contributed by atoms with E-state index in [0.29, 0.717) is 6.54 Å². The summed E-state index contributed by atoms with van der Waals surface area (Å²) in [6.07, 6.45) is 1.02. The molecule has 9 heteroatoms. The van der Waals surface area contributed by atoms with Gasteiger partial charge in [-0.15, -0.1) is 0 Å². The minimum absolute atomic E-state index is 0.0936. The maximum Gasteiger partial charge on any atom is 0.240 e. The van der Waals surface area contributed by atoms with Gasteiger partial charge in [0.2, 0.25) is 15.9 Å². The summed E-state index contributed by atoms with van der Waals surface area (Å²) in [4.78, 5) is 12.2. The van der Waals surface area contributed by atoms with Gasteiger partial charge in [-0.3, -0.25) is 9.10 Å². The number of halogens is 2. The van der Waals surface area contributed by atoms with Crippen molar-refractivity contribution in [2.24, 2.45) is 0 Å². The fraction of sp³-hybridized carbons (Fsp3) is 0.316. The van der Waals surface area contributed by atoms with Gasteiger partial charge in [0.1, 0.15) is 6.54 Å². The predicted octanol–water partition coefficient (Wildman–Crippen LogP) is 4.12. The van der Waals surface area contributed by atoms with E-state index in [1.807, 2.05) is 6.92 Å². The molecule has 0 saturated heterocycles. The highest BCUT2D eigenvalue weighted by Gasteiger charge is 2.23. The summed E-state index contributed by atoms with van der Waals surface area (Å²) in [5, 5.41) is 3.06. The zero-order valence-electron chi connectivity index (χ0n) is 15.6. The van der Waals surface area contributed by atoms with E-state index in [1.165, 1.54) is 17.2 Å². The average Bonchev–Trinajstić information content (AvgIpc) is 2.63. The van der Waals surface area contributed by atoms with Crippen LogP contribution in [0.5, 0.6) is 0 Å². The van der Waals surface area contributed by atoms with Crippen molar-refractivity contribution >= 4 is 56.6 Å². The first-order chi connectivity index (χ1) is 13.2. The molecule has 2 rings (SSSR count). The summed E-state index contributed by atoms with van der Waals surface area (Å²) >= 11 is 13.8. The standard InChI is InChI=1S/C19H22Cl2N2O3S2/c1-14-6-8-15(9-7-14)13-27-11-10-22-18(24)12-23(28(2,25)26)17-5-3-4-16(20)19(17)21/h3-9H,10-13H2,1-2H3,(H,22,24). The molecule has 2 aromatic carbocycles. The summed E-state index contributed by atoms with van der Waals surface area (Å²) in [6, 6.07) is 13.0. The van der Waals surface area contributed by atoms with Crippen molar-refractivity contribution < 1.29 is 13.2 Å². The molecule has 0 aliphatic rings. The van der Waals surface area contributed by atoms with Gasteiger partial charge in [0.15, 0.2) is 0 Å². The summed E-state index contributed by atoms with van der Waals surface area (Å²) in [5.41, 5.74) is 2.62. The van der Waals surface area contributed by atoms with E-state index >= 15 is 0 Å². The van der Waals surface area contributed by atoms with Crippen LogP contribution in [0, 0.1) is 6.92 Å². The minimum Gasteiger partial charge on any atom is -0.354 e. The Hall–Kier alpha value is -1.41. The molecule has 5 nitrogen and oxygen atoms in total. The normalized spacial score (nSPS) is 11.3. The lowest BCUT2D eigenvalue weighted by molar-refractivity contribution is -0.119. The van der Waals surface area contributed by atoms with Gasteiger partial charge in [-0.1, -0.05) is 59.1 Å². The second-order valence-corrected chi connectivity index (χ2v) is 10.0. The van der Waals surface area contributed by atoms with E-state index in [2.05, 4.69) is 29.6 Å². The van der Waals surface area contributed by atoms with Crippen LogP contribution in [0.4, 0.5) is 5.69 Å². The molecule has 0 atom stereocenters. The van der Waals surface area contributed by atoms with Gasteiger partial charge in [-0.05, 0) is 24.6 Å². The molecule has 1 N–H and O–H groups in total. The van der Waals surface area contributed by atoms with Gasteiger partial charge >= 0.3 is 0 Å². The maximum atomic E-state index is 12.2. The molecule has 0 aliphatic carbocycles. The fourth-order valence-corrected chi connectivity index (χ4v) is 4.52. The number of carbonyl (C=O) groups is 1. The summed E-state index contributed by atoms with van der Waals surface area (Å²) < 4.78 is 25.2. The fourth-order valence-electron chi connectivity index (χ4n) is 2.39. The van der Waals surface area contributed by atoms with Gasteiger partial charge in [0.05, 0.1) is 22.0 Å². The van der Waals surface area contributed by atoms with Crippen molar-refractivity contribution in [3.63, 3.8) is 0 Å². The van der Waals surface area contributed by atoms with E-state index in [-0.39, 0.29) is 22.3 Å². The maximum absolute atomic E-state index is 12.2. The smallest absolute Gasteiger partial charge is 0.240 e. The molecule has 0 unspecified atom stereocenters. The van der Waals surface area contributed by atoms with E-state index in [0.717, 1.165) is 22.1 Å². The van der Waals surface area contributed by atoms with Crippen LogP contribution in [0.25, 0.3) is 0 Å². The number of benzene rings is 2. The molecule has 2 aromatic rings. The Morgan fingerprint density at radius 1 is 1.14 bits per heavy atom. The second kappa shape index (κ2) is 10.4. The number of aryl methyl sites for hydroxylation is 1. The number of rotatable bonds is 9. The number of thioether (sulfide) groups is 1. The molecule has 0 bridgehead atoms. The molecule has 0 spiro atoms. The van der Waals surface area contributed by atoms with Crippen molar-refractivity contribution in [3.8, 4) is 0 Å². The topological polar surface area (TPSA) is 66.5 Å². The molecule has 0 aliphatic heterocycles. The van der Waals surface area contributed by atoms with Crippen molar-refractivity contribution in [2.75, 3.05) is 29.4 Å². The van der Waals surface area contributed by atoms with Crippen LogP contribution in [0.1, 0.15) is 11.1 Å². The summed E-state index contributed by atoms with van der Waals surface area (Å²) in [5.74, 6) is 1.16. The third kappa shape index (κ3) is 6.88. The van der Waals surface area contributed by atoms with Crippen LogP contribution in [-0.2, 0) is 20.6 Å². The lowest BCUT2D eigenvalue weighted by Gasteiger charge is -2.23. The van der Waals surface area contributed by atoms with E-state index in [9.17, 15) is 13.2 Å². The molecular weight excluding hydrogens is 439 g/mol. The number of anilines is 1. The number of hydrogen-bond donors (Lipinski definition) is 1. The van der Waals surface area contributed by atoms with Gasteiger partial charge in [-0.2, -0.15) is 11.8 Å². The first-order valence-corrected chi connectivity index (χ1v) is 12.3. The highest BCUT2D eigenvalue weighted by molar-refractivity contribution is 7.98. The lowest BCUT2D eigenvalue weighted by Crippen LogP contribution is -2.41. The Morgan fingerprint density at radius 3 is 2.46 bits per heavy atom. The van der Waals surface area contributed by atoms with Crippen LogP contribution in [0.15, 0.2) is 42.5 Å². The lowest BCUT2D eigenvalue weighted by atomic mass is 10.2. The van der Waals surface area contributed by atoms with Crippen LogP contribution in [0.2, 0.25) is 10.0 Å². The van der Waals surface area contributed by atoms with Crippen LogP contribution in [0.3, 0.4) is 0 Å². The largest absolute Gasteiger partial charge is 0.354 e. The molecule has 28 heavy (non-hydrogen) atoms. The van der Waals surface area contributed by atoms with Crippen LogP contribution in [-0.4, -0.2) is 39.4 Å². The first kappa shape index (κ1) is 22.9. The Morgan fingerprint density at radius 2 is 1.82 bits per heavy atom. The van der Waals surface area contributed by atoms with Gasteiger partial charge in [0, 0.05) is 18.1 Å². The third-order valence-electron chi connectivity index (χ3n) is 3.85. The number of nitrogens with one attached hydrogen (secondary N) is 1. The number of hydrogen-bond acceptors (Lipinski definition) is 4. The molecule has 0 fully saturated rings. The second-order valence-electron chi connectivity index (χ2n) is 6.23. The Kier molecular flexibility index (Phi) is 8.49. The molecule has 0 saturated carbocycles. The number of amides is 1. The van der Waals surface area contributed by atoms with Gasteiger partial charge in [0.25, 0.3) is 0 Å². The zero-order chi connectivity index (χ0) is 20.7. The van der Waals surface area contributed by atoms with Crippen molar-refractivity contribution in [1.29, 1.82) is 0 Å². The Bertz CT molecular complexity index is 919. The van der Waals surface area contributed by atoms with Crippen LogP contribution >= 0.6 is 35.0 Å². The Labute approximate surface area is 180 Å². The van der Waals surface area contributed by atoms with Gasteiger partial charge < -0.3 is 5.32 Å². The quantitative estimate of drug-likeness (QED) is 0.571. The summed E-state index contributed by atoms with van der Waals surface area (Å²) in [7, 11) is -3.70. The van der Waals surface area contributed by atoms with Crippen molar-refractivity contribution in [1.82, 2.24) is 5.32 Å². The molecular formula is C19H22Cl2N2O3S2. The SMILES string of the molecule is Cc1ccc(CSCCNC(=O)CN(c2cccc(Cl)c2Cl)S(C)(=O)=O)cc1. The molecule has 1 amide bonds. The van der Waals surface area contributed by atoms with Crippen molar-refractivity contribution in [2.45, 2.75) is 12.7 Å². The predicted molar refractivity (Wildman–Crippen MR) is 119 cm³/mol. The van der Waals surface area contributed by atoms with E-state index in [4.69, 9.17) is 23.2 Å². The molecule has 0 heterocycles. The molecule has 152 valence electrons. The highest BCUT2D eigenvalue weighted by atomic mass is 35.5. The van der Waals surface area contributed by atoms with Crippen LogP contribution < -0.4 is 9.62 Å². The first-order valence-electron chi connectivity index (χ1n) is 8.50.